The van der Waals surface area contributed by atoms with Crippen LogP contribution in [0.4, 0.5) is 4.39 Å². The van der Waals surface area contributed by atoms with Gasteiger partial charge in [-0.2, -0.15) is 0 Å². The highest BCUT2D eigenvalue weighted by molar-refractivity contribution is 5.76. The van der Waals surface area contributed by atoms with Gasteiger partial charge in [0.15, 0.2) is 0 Å². The molecule has 0 unspecified atom stereocenters. The summed E-state index contributed by atoms with van der Waals surface area (Å²) >= 11 is 0. The molecule has 1 aliphatic heterocycles. The van der Waals surface area contributed by atoms with Gasteiger partial charge in [0.25, 0.3) is 0 Å². The van der Waals surface area contributed by atoms with Crippen molar-refractivity contribution < 1.29 is 14.3 Å². The molecule has 0 atom stereocenters. The molecule has 0 spiro atoms. The number of rotatable bonds is 5. The van der Waals surface area contributed by atoms with E-state index >= 15 is 0 Å². The van der Waals surface area contributed by atoms with Crippen LogP contribution in [-0.4, -0.2) is 35.0 Å². The molecule has 5 heteroatoms. The first-order chi connectivity index (χ1) is 11.3. The van der Waals surface area contributed by atoms with Crippen molar-refractivity contribution in [3.05, 3.63) is 35.1 Å². The summed E-state index contributed by atoms with van der Waals surface area (Å²) in [7, 11) is 0. The summed E-state index contributed by atoms with van der Waals surface area (Å²) in [6, 6.07) is 5.20. The van der Waals surface area contributed by atoms with Gasteiger partial charge < -0.3 is 15.3 Å². The molecule has 0 aromatic heterocycles. The van der Waals surface area contributed by atoms with E-state index in [0.717, 1.165) is 31.5 Å². The van der Waals surface area contributed by atoms with Gasteiger partial charge in [-0.15, -0.1) is 0 Å². The van der Waals surface area contributed by atoms with Gasteiger partial charge in [0.2, 0.25) is 5.91 Å². The average molecular weight is 336 g/mol. The molecular formula is C19H29FN2O2. The summed E-state index contributed by atoms with van der Waals surface area (Å²) < 4.78 is 13.4. The highest BCUT2D eigenvalue weighted by atomic mass is 19.1. The molecule has 1 aliphatic rings. The highest BCUT2D eigenvalue weighted by Gasteiger charge is 2.25. The third-order valence-electron chi connectivity index (χ3n) is 4.40. The molecule has 0 bridgehead atoms. The van der Waals surface area contributed by atoms with Gasteiger partial charge in [-0.05, 0) is 36.0 Å². The van der Waals surface area contributed by atoms with Crippen molar-refractivity contribution in [3.8, 4) is 0 Å². The van der Waals surface area contributed by atoms with E-state index in [1.165, 1.54) is 6.07 Å². The summed E-state index contributed by atoms with van der Waals surface area (Å²) in [5.74, 6) is -0.126. The minimum atomic E-state index is -0.369. The van der Waals surface area contributed by atoms with E-state index in [-0.39, 0.29) is 23.7 Å². The number of halogens is 1. The van der Waals surface area contributed by atoms with Gasteiger partial charge in [0.1, 0.15) is 5.82 Å². The number of hydrogen-bond donors (Lipinski definition) is 2. The van der Waals surface area contributed by atoms with Crippen molar-refractivity contribution in [2.45, 2.75) is 59.2 Å². The lowest BCUT2D eigenvalue weighted by Crippen LogP contribution is -2.45. The van der Waals surface area contributed by atoms with E-state index in [0.29, 0.717) is 24.6 Å². The van der Waals surface area contributed by atoms with Crippen molar-refractivity contribution in [2.75, 3.05) is 13.1 Å². The zero-order valence-electron chi connectivity index (χ0n) is 14.9. The van der Waals surface area contributed by atoms with E-state index in [4.69, 9.17) is 5.11 Å². The summed E-state index contributed by atoms with van der Waals surface area (Å²) in [6.07, 6.45) is 2.46. The lowest BCUT2D eigenvalue weighted by Gasteiger charge is -2.34. The van der Waals surface area contributed by atoms with Crippen LogP contribution in [0.1, 0.15) is 51.2 Å². The molecule has 1 heterocycles. The molecule has 0 saturated carbocycles. The number of carbonyl (C=O) groups is 1. The molecule has 1 fully saturated rings. The fraction of sp³-hybridized carbons (Fsp3) is 0.632. The summed E-state index contributed by atoms with van der Waals surface area (Å²) in [4.78, 5) is 14.2. The molecule has 0 radical (unpaired) electrons. The van der Waals surface area contributed by atoms with E-state index in [1.807, 2.05) is 4.90 Å². The first-order valence-electron chi connectivity index (χ1n) is 8.68. The number of likely N-dealkylation sites (tertiary alicyclic amines) is 1. The minimum absolute atomic E-state index is 0.0270. The Labute approximate surface area is 144 Å². The van der Waals surface area contributed by atoms with Gasteiger partial charge in [-0.3, -0.25) is 4.79 Å². The average Bonchev–Trinajstić information content (AvgIpc) is 2.53. The van der Waals surface area contributed by atoms with Gasteiger partial charge >= 0.3 is 0 Å². The smallest absolute Gasteiger partial charge is 0.223 e. The quantitative estimate of drug-likeness (QED) is 0.869. The highest BCUT2D eigenvalue weighted by Crippen LogP contribution is 2.22. The lowest BCUT2D eigenvalue weighted by molar-refractivity contribution is -0.134. The Bertz CT molecular complexity index is 561. The van der Waals surface area contributed by atoms with Crippen molar-refractivity contribution >= 4 is 5.91 Å². The second-order valence-electron chi connectivity index (χ2n) is 7.86. The number of nitrogens with zero attached hydrogens (tertiary/aromatic N) is 1. The predicted molar refractivity (Wildman–Crippen MR) is 92.8 cm³/mol. The van der Waals surface area contributed by atoms with Gasteiger partial charge in [-0.25, -0.2) is 4.39 Å². The van der Waals surface area contributed by atoms with Gasteiger partial charge in [0.05, 0.1) is 6.61 Å². The van der Waals surface area contributed by atoms with Gasteiger partial charge in [-0.1, -0.05) is 26.8 Å². The summed E-state index contributed by atoms with van der Waals surface area (Å²) in [5.41, 5.74) is 1.32. The standard InChI is InChI=1S/C19H29FN2O2/c1-19(2,3)11-18(24)22-8-6-16(7-9-22)21-12-14-4-5-17(20)15(10-14)13-23/h4-5,10,16,21,23H,6-9,11-13H2,1-3H3. The number of piperidine rings is 1. The van der Waals surface area contributed by atoms with Crippen LogP contribution < -0.4 is 5.32 Å². The Morgan fingerprint density at radius 2 is 2.00 bits per heavy atom. The maximum absolute atomic E-state index is 13.4. The number of hydrogen-bond acceptors (Lipinski definition) is 3. The fourth-order valence-electron chi connectivity index (χ4n) is 3.02. The molecule has 4 nitrogen and oxygen atoms in total. The molecule has 1 aromatic carbocycles. The topological polar surface area (TPSA) is 52.6 Å². The molecule has 2 N–H and O–H groups in total. The Balaban J connectivity index is 1.78. The van der Waals surface area contributed by atoms with Crippen molar-refractivity contribution in [2.24, 2.45) is 5.41 Å². The number of carbonyl (C=O) groups excluding carboxylic acids is 1. The first kappa shape index (κ1) is 18.9. The van der Waals surface area contributed by atoms with Crippen molar-refractivity contribution in [1.29, 1.82) is 0 Å². The van der Waals surface area contributed by atoms with E-state index in [1.54, 1.807) is 12.1 Å². The third-order valence-corrected chi connectivity index (χ3v) is 4.40. The normalized spacial score (nSPS) is 16.5. The number of aliphatic hydroxyl groups excluding tert-OH is 1. The number of amides is 1. The monoisotopic (exact) mass is 336 g/mol. The van der Waals surface area contributed by atoms with E-state index in [9.17, 15) is 9.18 Å². The van der Waals surface area contributed by atoms with Crippen LogP contribution in [-0.2, 0) is 17.9 Å². The van der Waals surface area contributed by atoms with E-state index < -0.39 is 0 Å². The molecule has 0 aliphatic carbocycles. The predicted octanol–water partition coefficient (Wildman–Crippen LogP) is 2.83. The molecular weight excluding hydrogens is 307 g/mol. The number of aliphatic hydroxyl groups is 1. The summed E-state index contributed by atoms with van der Waals surface area (Å²) in [6.45, 7) is 8.20. The first-order valence-corrected chi connectivity index (χ1v) is 8.68. The van der Waals surface area contributed by atoms with Crippen LogP contribution in [0.2, 0.25) is 0 Å². The zero-order valence-corrected chi connectivity index (χ0v) is 14.9. The zero-order chi connectivity index (χ0) is 17.7. The maximum Gasteiger partial charge on any atom is 0.223 e. The van der Waals surface area contributed by atoms with Gasteiger partial charge in [0, 0.05) is 37.7 Å². The molecule has 134 valence electrons. The van der Waals surface area contributed by atoms with Crippen LogP contribution in [0.5, 0.6) is 0 Å². The molecule has 24 heavy (non-hydrogen) atoms. The Kier molecular flexibility index (Phi) is 6.35. The second kappa shape index (κ2) is 8.08. The Morgan fingerprint density at radius 1 is 1.33 bits per heavy atom. The molecule has 1 amide bonds. The molecule has 1 saturated heterocycles. The maximum atomic E-state index is 13.4. The van der Waals surface area contributed by atoms with Crippen LogP contribution >= 0.6 is 0 Å². The Morgan fingerprint density at radius 3 is 2.58 bits per heavy atom. The fourth-order valence-corrected chi connectivity index (χ4v) is 3.02. The SMILES string of the molecule is CC(C)(C)CC(=O)N1CCC(NCc2ccc(F)c(CO)c2)CC1. The van der Waals surface area contributed by atoms with E-state index in [2.05, 4.69) is 26.1 Å². The summed E-state index contributed by atoms with van der Waals surface area (Å²) in [5, 5.41) is 12.6. The van der Waals surface area contributed by atoms with Crippen molar-refractivity contribution in [3.63, 3.8) is 0 Å². The lowest BCUT2D eigenvalue weighted by atomic mass is 9.91. The number of benzene rings is 1. The van der Waals surface area contributed by atoms with Crippen LogP contribution in [0.15, 0.2) is 18.2 Å². The van der Waals surface area contributed by atoms with Crippen LogP contribution in [0.25, 0.3) is 0 Å². The Hall–Kier alpha value is -1.46. The third kappa shape index (κ3) is 5.56. The second-order valence-corrected chi connectivity index (χ2v) is 7.86. The van der Waals surface area contributed by atoms with Crippen LogP contribution in [0.3, 0.4) is 0 Å². The largest absolute Gasteiger partial charge is 0.392 e. The molecule has 2 rings (SSSR count). The van der Waals surface area contributed by atoms with Crippen LogP contribution in [0, 0.1) is 11.2 Å². The minimum Gasteiger partial charge on any atom is -0.392 e. The molecule has 1 aromatic rings. The number of nitrogens with one attached hydrogen (secondary N) is 1. The van der Waals surface area contributed by atoms with Crippen molar-refractivity contribution in [1.82, 2.24) is 10.2 Å².